The molecule has 0 aliphatic rings. The van der Waals surface area contributed by atoms with Crippen LogP contribution >= 0.6 is 0 Å². The Morgan fingerprint density at radius 2 is 1.43 bits per heavy atom. The molecule has 2 aromatic carbocycles. The van der Waals surface area contributed by atoms with Crippen LogP contribution in [0.1, 0.15) is 76.5 Å². The number of amides is 1. The third-order valence-corrected chi connectivity index (χ3v) is 6.27. The van der Waals surface area contributed by atoms with Crippen LogP contribution in [0.15, 0.2) is 48.5 Å². The zero-order chi connectivity index (χ0) is 27.0. The molecule has 0 aromatic heterocycles. The summed E-state index contributed by atoms with van der Waals surface area (Å²) in [6, 6.07) is 15.8. The molecule has 0 aliphatic heterocycles. The average Bonchev–Trinajstić information content (AvgIpc) is 2.87. The molecule has 0 fully saturated rings. The lowest BCUT2D eigenvalue weighted by Crippen LogP contribution is -2.35. The zero-order valence-corrected chi connectivity index (χ0v) is 23.1. The lowest BCUT2D eigenvalue weighted by molar-refractivity contribution is -0.150. The van der Waals surface area contributed by atoms with Crippen molar-refractivity contribution in [1.82, 2.24) is 4.90 Å². The fraction of sp³-hybridized carbons (Fsp3) is 0.548. The third-order valence-electron chi connectivity index (χ3n) is 6.27. The van der Waals surface area contributed by atoms with Crippen molar-refractivity contribution < 1.29 is 24.2 Å². The van der Waals surface area contributed by atoms with E-state index >= 15 is 0 Å². The molecule has 2 aromatic rings. The van der Waals surface area contributed by atoms with Crippen molar-refractivity contribution >= 4 is 11.9 Å². The van der Waals surface area contributed by atoms with E-state index in [1.165, 1.54) is 24.8 Å². The molecule has 0 spiro atoms. The van der Waals surface area contributed by atoms with Crippen LogP contribution in [-0.4, -0.2) is 47.7 Å². The van der Waals surface area contributed by atoms with E-state index in [0.717, 1.165) is 30.4 Å². The van der Waals surface area contributed by atoms with Gasteiger partial charge in [0.15, 0.2) is 12.7 Å². The molecule has 6 heteroatoms. The van der Waals surface area contributed by atoms with Crippen molar-refractivity contribution in [2.45, 2.75) is 85.3 Å². The predicted octanol–water partition coefficient (Wildman–Crippen LogP) is 6.30. The Labute approximate surface area is 223 Å². The van der Waals surface area contributed by atoms with E-state index in [9.17, 15) is 14.7 Å². The van der Waals surface area contributed by atoms with Crippen LogP contribution in [0.4, 0.5) is 0 Å². The molecule has 0 saturated heterocycles. The number of unbranched alkanes of at least 4 members (excludes halogenated alkanes) is 4. The Morgan fingerprint density at radius 1 is 0.838 bits per heavy atom. The van der Waals surface area contributed by atoms with Crippen molar-refractivity contribution in [1.29, 1.82) is 0 Å². The standard InChI is InChI=1S/C31H45NO5/c1-5-7-8-9-10-19-32(22-27-13-11-25(12-14-27)20-24(3)4)30(33)23-37-28-17-15-26(16-18-28)21-29(31(34)35)36-6-2/h11-18,24,29H,5-10,19-23H2,1-4H3,(H,34,35). The van der Waals surface area contributed by atoms with Crippen molar-refractivity contribution in [2.24, 2.45) is 5.92 Å². The summed E-state index contributed by atoms with van der Waals surface area (Å²) in [7, 11) is 0. The largest absolute Gasteiger partial charge is 0.484 e. The molecule has 0 bridgehead atoms. The van der Waals surface area contributed by atoms with E-state index in [0.29, 0.717) is 31.4 Å². The summed E-state index contributed by atoms with van der Waals surface area (Å²) in [4.78, 5) is 26.4. The number of hydrogen-bond acceptors (Lipinski definition) is 4. The van der Waals surface area contributed by atoms with Crippen LogP contribution in [0.3, 0.4) is 0 Å². The normalized spacial score (nSPS) is 11.9. The van der Waals surface area contributed by atoms with Crippen LogP contribution in [0, 0.1) is 5.92 Å². The topological polar surface area (TPSA) is 76.1 Å². The first-order chi connectivity index (χ1) is 17.8. The summed E-state index contributed by atoms with van der Waals surface area (Å²) < 4.78 is 11.1. The van der Waals surface area contributed by atoms with Gasteiger partial charge in [0.1, 0.15) is 5.75 Å². The molecule has 1 amide bonds. The second-order valence-corrected chi connectivity index (χ2v) is 10.1. The molecule has 204 valence electrons. The maximum atomic E-state index is 13.1. The highest BCUT2D eigenvalue weighted by Gasteiger charge is 2.18. The Hall–Kier alpha value is -2.86. The molecule has 6 nitrogen and oxygen atoms in total. The summed E-state index contributed by atoms with van der Waals surface area (Å²) in [6.07, 6.45) is 6.17. The Morgan fingerprint density at radius 3 is 2.03 bits per heavy atom. The molecule has 0 saturated carbocycles. The summed E-state index contributed by atoms with van der Waals surface area (Å²) in [5.41, 5.74) is 3.29. The Bertz CT molecular complexity index is 924. The van der Waals surface area contributed by atoms with Gasteiger partial charge >= 0.3 is 5.97 Å². The van der Waals surface area contributed by atoms with Gasteiger partial charge in [0.25, 0.3) is 5.91 Å². The van der Waals surface area contributed by atoms with E-state index in [1.807, 2.05) is 17.0 Å². The number of carboxylic acids is 1. The lowest BCUT2D eigenvalue weighted by atomic mass is 10.0. The highest BCUT2D eigenvalue weighted by molar-refractivity contribution is 5.77. The van der Waals surface area contributed by atoms with Gasteiger partial charge in [-0.15, -0.1) is 0 Å². The highest BCUT2D eigenvalue weighted by Crippen LogP contribution is 2.16. The minimum atomic E-state index is -0.975. The third kappa shape index (κ3) is 11.8. The second-order valence-electron chi connectivity index (χ2n) is 10.1. The smallest absolute Gasteiger partial charge is 0.333 e. The molecule has 1 unspecified atom stereocenters. The number of carboxylic acid groups (broad SMARTS) is 1. The van der Waals surface area contributed by atoms with Crippen molar-refractivity contribution in [3.05, 3.63) is 65.2 Å². The quantitative estimate of drug-likeness (QED) is 0.238. The number of ether oxygens (including phenoxy) is 2. The number of rotatable bonds is 18. The van der Waals surface area contributed by atoms with Gasteiger partial charge in [0.2, 0.25) is 0 Å². The van der Waals surface area contributed by atoms with Gasteiger partial charge in [-0.2, -0.15) is 0 Å². The molecular weight excluding hydrogens is 466 g/mol. The first kappa shape index (κ1) is 30.4. The maximum Gasteiger partial charge on any atom is 0.333 e. The molecule has 0 aliphatic carbocycles. The molecule has 2 rings (SSSR count). The molecule has 0 heterocycles. The molecular formula is C31H45NO5. The van der Waals surface area contributed by atoms with E-state index < -0.39 is 12.1 Å². The Kier molecular flexibility index (Phi) is 13.8. The first-order valence-electron chi connectivity index (χ1n) is 13.7. The van der Waals surface area contributed by atoms with Gasteiger partial charge in [-0.05, 0) is 54.5 Å². The highest BCUT2D eigenvalue weighted by atomic mass is 16.5. The minimum Gasteiger partial charge on any atom is -0.484 e. The number of hydrogen-bond donors (Lipinski definition) is 1. The molecule has 0 radical (unpaired) electrons. The van der Waals surface area contributed by atoms with Crippen LogP contribution in [0.25, 0.3) is 0 Å². The van der Waals surface area contributed by atoms with Gasteiger partial charge in [0.05, 0.1) is 0 Å². The summed E-state index contributed by atoms with van der Waals surface area (Å²) in [5.74, 6) is 0.188. The summed E-state index contributed by atoms with van der Waals surface area (Å²) in [5, 5.41) is 9.28. The van der Waals surface area contributed by atoms with Gasteiger partial charge in [-0.25, -0.2) is 4.79 Å². The van der Waals surface area contributed by atoms with Crippen LogP contribution in [0.5, 0.6) is 5.75 Å². The van der Waals surface area contributed by atoms with Crippen molar-refractivity contribution in [3.8, 4) is 5.75 Å². The van der Waals surface area contributed by atoms with E-state index in [4.69, 9.17) is 9.47 Å². The lowest BCUT2D eigenvalue weighted by Gasteiger charge is -2.23. The monoisotopic (exact) mass is 511 g/mol. The summed E-state index contributed by atoms with van der Waals surface area (Å²) >= 11 is 0. The summed E-state index contributed by atoms with van der Waals surface area (Å²) in [6.45, 7) is 10.0. The van der Waals surface area contributed by atoms with Crippen LogP contribution in [-0.2, 0) is 33.7 Å². The van der Waals surface area contributed by atoms with E-state index in [-0.39, 0.29) is 18.9 Å². The minimum absolute atomic E-state index is 0.0313. The van der Waals surface area contributed by atoms with Gasteiger partial charge in [0, 0.05) is 26.1 Å². The van der Waals surface area contributed by atoms with Crippen LogP contribution < -0.4 is 4.74 Å². The van der Waals surface area contributed by atoms with Crippen molar-refractivity contribution in [3.63, 3.8) is 0 Å². The van der Waals surface area contributed by atoms with Gasteiger partial charge in [-0.1, -0.05) is 82.9 Å². The number of carbonyl (C=O) groups excluding carboxylic acids is 1. The van der Waals surface area contributed by atoms with E-state index in [1.54, 1.807) is 19.1 Å². The van der Waals surface area contributed by atoms with Crippen molar-refractivity contribution in [2.75, 3.05) is 19.8 Å². The van der Waals surface area contributed by atoms with Crippen LogP contribution in [0.2, 0.25) is 0 Å². The first-order valence-corrected chi connectivity index (χ1v) is 13.7. The molecule has 1 N–H and O–H groups in total. The average molecular weight is 512 g/mol. The zero-order valence-electron chi connectivity index (χ0n) is 23.1. The second kappa shape index (κ2) is 16.8. The predicted molar refractivity (Wildman–Crippen MR) is 148 cm³/mol. The fourth-order valence-corrected chi connectivity index (χ4v) is 4.26. The SMILES string of the molecule is CCCCCCCN(Cc1ccc(CC(C)C)cc1)C(=O)COc1ccc(CC(OCC)C(=O)O)cc1. The molecule has 1 atom stereocenters. The number of carbonyl (C=O) groups is 2. The number of nitrogens with zero attached hydrogens (tertiary/aromatic N) is 1. The number of aliphatic carboxylic acids is 1. The van der Waals surface area contributed by atoms with Gasteiger partial charge in [-0.3, -0.25) is 4.79 Å². The molecule has 37 heavy (non-hydrogen) atoms. The number of benzene rings is 2. The van der Waals surface area contributed by atoms with Gasteiger partial charge < -0.3 is 19.5 Å². The maximum absolute atomic E-state index is 13.1. The van der Waals surface area contributed by atoms with E-state index in [2.05, 4.69) is 45.0 Å². The Balaban J connectivity index is 1.96. The fourth-order valence-electron chi connectivity index (χ4n) is 4.26.